The van der Waals surface area contributed by atoms with Crippen LogP contribution in [0, 0.1) is 5.92 Å². The highest BCUT2D eigenvalue weighted by Crippen LogP contribution is 2.47. The van der Waals surface area contributed by atoms with Crippen molar-refractivity contribution in [3.63, 3.8) is 0 Å². The normalized spacial score (nSPS) is 22.2. The molecule has 1 aliphatic carbocycles. The quantitative estimate of drug-likeness (QED) is 0.707. The number of ether oxygens (including phenoxy) is 1. The Morgan fingerprint density at radius 2 is 1.93 bits per heavy atom. The van der Waals surface area contributed by atoms with E-state index in [1.807, 2.05) is 26.0 Å². The molecule has 1 aromatic heterocycles. The summed E-state index contributed by atoms with van der Waals surface area (Å²) in [5.41, 5.74) is 3.47. The highest BCUT2D eigenvalue weighted by Gasteiger charge is 2.33. The number of hydrogen-bond acceptors (Lipinski definition) is 5. The van der Waals surface area contributed by atoms with Gasteiger partial charge in [-0.3, -0.25) is 0 Å². The van der Waals surface area contributed by atoms with Gasteiger partial charge in [-0.2, -0.15) is 0 Å². The summed E-state index contributed by atoms with van der Waals surface area (Å²) >= 11 is 0. The van der Waals surface area contributed by atoms with Gasteiger partial charge in [0.25, 0.3) is 0 Å². The van der Waals surface area contributed by atoms with Crippen molar-refractivity contribution in [3.8, 4) is 28.5 Å². The van der Waals surface area contributed by atoms with Gasteiger partial charge in [-0.05, 0) is 61.6 Å². The van der Waals surface area contributed by atoms with Crippen LogP contribution in [-0.4, -0.2) is 33.5 Å². The van der Waals surface area contributed by atoms with Gasteiger partial charge in [0.05, 0.1) is 13.2 Å². The minimum atomic E-state index is -0.536. The fourth-order valence-corrected chi connectivity index (χ4v) is 3.77. The summed E-state index contributed by atoms with van der Waals surface area (Å²) in [5, 5.41) is 31.7. The van der Waals surface area contributed by atoms with E-state index in [9.17, 15) is 15.3 Å². The van der Waals surface area contributed by atoms with Crippen LogP contribution in [0.2, 0.25) is 0 Å². The molecule has 27 heavy (non-hydrogen) atoms. The lowest BCUT2D eigenvalue weighted by atomic mass is 9.72. The van der Waals surface area contributed by atoms with Crippen LogP contribution in [0.3, 0.4) is 0 Å². The Balaban J connectivity index is 2.11. The monoisotopic (exact) mass is 367 g/mol. The maximum Gasteiger partial charge on any atom is 0.221 e. The molecule has 3 atom stereocenters. The van der Waals surface area contributed by atoms with Crippen molar-refractivity contribution in [2.75, 3.05) is 7.11 Å². The van der Waals surface area contributed by atoms with Crippen molar-refractivity contribution in [1.82, 2.24) is 4.98 Å². The van der Waals surface area contributed by atoms with Crippen molar-refractivity contribution >= 4 is 0 Å². The SMILES string of the molecule is C=C(C)[C@@H]1C[C@H](O)C(C)=C[C@H]1c1c(O)cc(-c2cccnc2OC)cc1O. The fourth-order valence-electron chi connectivity index (χ4n) is 3.77. The first-order chi connectivity index (χ1) is 12.8. The molecule has 1 heterocycles. The molecule has 0 amide bonds. The van der Waals surface area contributed by atoms with Crippen molar-refractivity contribution in [3.05, 3.63) is 59.8 Å². The molecule has 0 radical (unpaired) electrons. The minimum absolute atomic E-state index is 0.00686. The number of rotatable bonds is 4. The van der Waals surface area contributed by atoms with Gasteiger partial charge in [0, 0.05) is 23.2 Å². The average molecular weight is 367 g/mol. The topological polar surface area (TPSA) is 82.8 Å². The number of phenols is 2. The Hall–Kier alpha value is -2.79. The summed E-state index contributed by atoms with van der Waals surface area (Å²) in [5.74, 6) is 0.0793. The first-order valence-corrected chi connectivity index (χ1v) is 8.90. The third-order valence-electron chi connectivity index (χ3n) is 5.26. The van der Waals surface area contributed by atoms with Crippen LogP contribution in [0.4, 0.5) is 0 Å². The summed E-state index contributed by atoms with van der Waals surface area (Å²) in [6.07, 6.45) is 3.51. The maximum atomic E-state index is 10.8. The van der Waals surface area contributed by atoms with Crippen LogP contribution in [-0.2, 0) is 0 Å². The van der Waals surface area contributed by atoms with E-state index in [0.717, 1.165) is 11.1 Å². The number of nitrogens with zero attached hydrogens (tertiary/aromatic N) is 1. The zero-order chi connectivity index (χ0) is 19.7. The highest BCUT2D eigenvalue weighted by molar-refractivity contribution is 5.73. The Bertz CT molecular complexity index is 880. The lowest BCUT2D eigenvalue weighted by Gasteiger charge is -2.34. The van der Waals surface area contributed by atoms with Crippen LogP contribution in [0.25, 0.3) is 11.1 Å². The van der Waals surface area contributed by atoms with Crippen molar-refractivity contribution in [2.24, 2.45) is 5.92 Å². The van der Waals surface area contributed by atoms with Crippen molar-refractivity contribution in [1.29, 1.82) is 0 Å². The molecule has 1 aromatic carbocycles. The van der Waals surface area contributed by atoms with Gasteiger partial charge in [0.15, 0.2) is 0 Å². The molecule has 3 rings (SSSR count). The molecule has 0 bridgehead atoms. The van der Waals surface area contributed by atoms with Crippen LogP contribution in [0.1, 0.15) is 31.7 Å². The molecule has 5 heteroatoms. The van der Waals surface area contributed by atoms with Crippen molar-refractivity contribution < 1.29 is 20.1 Å². The highest BCUT2D eigenvalue weighted by atomic mass is 16.5. The van der Waals surface area contributed by atoms with Gasteiger partial charge < -0.3 is 20.1 Å². The predicted molar refractivity (Wildman–Crippen MR) is 105 cm³/mol. The Labute approximate surface area is 159 Å². The zero-order valence-corrected chi connectivity index (χ0v) is 15.8. The predicted octanol–water partition coefficient (Wildman–Crippen LogP) is 4.16. The van der Waals surface area contributed by atoms with Gasteiger partial charge in [-0.25, -0.2) is 4.98 Å². The van der Waals surface area contributed by atoms with Gasteiger partial charge in [-0.15, -0.1) is 0 Å². The standard InChI is InChI=1S/C22H25NO4/c1-12(2)16-11-18(24)13(3)8-17(16)21-19(25)9-14(10-20(21)26)15-6-5-7-23-22(15)27-4/h5-10,16-18,24-26H,1,11H2,2-4H3/t16-,17+,18-/m0/s1. The van der Waals surface area contributed by atoms with Crippen LogP contribution in [0.5, 0.6) is 17.4 Å². The second-order valence-corrected chi connectivity index (χ2v) is 7.13. The molecule has 1 aliphatic rings. The number of phenolic OH excluding ortho intramolecular Hbond substituents is 2. The fraction of sp³-hybridized carbons (Fsp3) is 0.318. The number of allylic oxidation sites excluding steroid dienone is 2. The first-order valence-electron chi connectivity index (χ1n) is 8.90. The molecular formula is C22H25NO4. The smallest absolute Gasteiger partial charge is 0.221 e. The molecule has 0 fully saturated rings. The van der Waals surface area contributed by atoms with E-state index in [1.165, 1.54) is 7.11 Å². The number of aromatic nitrogens is 1. The van der Waals surface area contributed by atoms with E-state index >= 15 is 0 Å². The van der Waals surface area contributed by atoms with E-state index in [1.54, 1.807) is 24.4 Å². The first kappa shape index (κ1) is 19.0. The number of hydrogen-bond donors (Lipinski definition) is 3. The summed E-state index contributed by atoms with van der Waals surface area (Å²) in [6.45, 7) is 7.79. The number of benzene rings is 1. The second kappa shape index (κ2) is 7.45. The Morgan fingerprint density at radius 3 is 2.52 bits per heavy atom. The number of aliphatic hydroxyl groups is 1. The Morgan fingerprint density at radius 1 is 1.26 bits per heavy atom. The van der Waals surface area contributed by atoms with Crippen LogP contribution >= 0.6 is 0 Å². The third-order valence-corrected chi connectivity index (χ3v) is 5.26. The third kappa shape index (κ3) is 3.55. The molecule has 0 unspecified atom stereocenters. The van der Waals surface area contributed by atoms with Crippen LogP contribution in [0.15, 0.2) is 54.3 Å². The largest absolute Gasteiger partial charge is 0.507 e. The molecule has 0 spiro atoms. The molecule has 2 aromatic rings. The zero-order valence-electron chi connectivity index (χ0n) is 15.8. The number of aliphatic hydroxyl groups excluding tert-OH is 1. The molecule has 0 saturated heterocycles. The summed E-state index contributed by atoms with van der Waals surface area (Å²) < 4.78 is 5.28. The minimum Gasteiger partial charge on any atom is -0.507 e. The summed E-state index contributed by atoms with van der Waals surface area (Å²) in [7, 11) is 1.53. The van der Waals surface area contributed by atoms with Crippen LogP contribution < -0.4 is 4.74 Å². The Kier molecular flexibility index (Phi) is 5.24. The van der Waals surface area contributed by atoms with E-state index < -0.39 is 6.10 Å². The second-order valence-electron chi connectivity index (χ2n) is 7.13. The molecule has 142 valence electrons. The lowest BCUT2D eigenvalue weighted by molar-refractivity contribution is 0.168. The molecule has 0 saturated carbocycles. The number of methoxy groups -OCH3 is 1. The molecular weight excluding hydrogens is 342 g/mol. The lowest BCUT2D eigenvalue weighted by Crippen LogP contribution is -2.26. The average Bonchev–Trinajstić information content (AvgIpc) is 2.63. The molecule has 0 aliphatic heterocycles. The molecule has 5 nitrogen and oxygen atoms in total. The van der Waals surface area contributed by atoms with E-state index in [2.05, 4.69) is 11.6 Å². The van der Waals surface area contributed by atoms with E-state index in [0.29, 0.717) is 29.0 Å². The van der Waals surface area contributed by atoms with Gasteiger partial charge >= 0.3 is 0 Å². The number of pyridine rings is 1. The van der Waals surface area contributed by atoms with E-state index in [4.69, 9.17) is 4.74 Å². The summed E-state index contributed by atoms with van der Waals surface area (Å²) in [4.78, 5) is 4.16. The molecule has 3 N–H and O–H groups in total. The number of aromatic hydroxyl groups is 2. The summed E-state index contributed by atoms with van der Waals surface area (Å²) in [6, 6.07) is 6.81. The van der Waals surface area contributed by atoms with Crippen molar-refractivity contribution in [2.45, 2.75) is 32.3 Å². The van der Waals surface area contributed by atoms with Gasteiger partial charge in [0.2, 0.25) is 5.88 Å². The van der Waals surface area contributed by atoms with Gasteiger partial charge in [-0.1, -0.05) is 18.2 Å². The van der Waals surface area contributed by atoms with E-state index in [-0.39, 0.29) is 23.3 Å². The maximum absolute atomic E-state index is 10.8. The van der Waals surface area contributed by atoms with Gasteiger partial charge in [0.1, 0.15) is 11.5 Å².